The Morgan fingerprint density at radius 3 is 2.42 bits per heavy atom. The normalized spacial score (nSPS) is 12.6. The molecule has 1 amide bonds. The molecule has 0 aliphatic rings. The number of hydrogen-bond donors (Lipinski definition) is 1. The molecule has 106 valence electrons. The minimum Gasteiger partial charge on any atom is -0.398 e. The molecule has 0 bridgehead atoms. The summed E-state index contributed by atoms with van der Waals surface area (Å²) in [6, 6.07) is 2.91. The van der Waals surface area contributed by atoms with Crippen molar-refractivity contribution < 1.29 is 9.18 Å². The minimum atomic E-state index is -0.437. The van der Waals surface area contributed by atoms with Crippen LogP contribution in [-0.4, -0.2) is 23.9 Å². The van der Waals surface area contributed by atoms with Gasteiger partial charge in [0.25, 0.3) is 5.91 Å². The number of hydrogen-bond acceptors (Lipinski definition) is 2. The standard InChI is InChI=1S/C15H23FN2O/c1-9(2)6-10(3)18(5)15(19)12-7-13(16)11(4)14(17)8-12/h7-10H,6,17H2,1-5H3. The zero-order valence-corrected chi connectivity index (χ0v) is 12.3. The first-order valence-electron chi connectivity index (χ1n) is 6.56. The predicted octanol–water partition coefficient (Wildman–Crippen LogP) is 3.22. The Labute approximate surface area is 114 Å². The highest BCUT2D eigenvalue weighted by Crippen LogP contribution is 2.20. The Morgan fingerprint density at radius 1 is 1.37 bits per heavy atom. The van der Waals surface area contributed by atoms with Crippen molar-refractivity contribution in [3.05, 3.63) is 29.1 Å². The minimum absolute atomic E-state index is 0.109. The van der Waals surface area contributed by atoms with E-state index in [0.29, 0.717) is 22.7 Å². The molecule has 0 fully saturated rings. The fourth-order valence-corrected chi connectivity index (χ4v) is 2.07. The van der Waals surface area contributed by atoms with E-state index in [0.717, 1.165) is 6.42 Å². The van der Waals surface area contributed by atoms with Gasteiger partial charge in [-0.3, -0.25) is 4.79 Å². The number of anilines is 1. The lowest BCUT2D eigenvalue weighted by Gasteiger charge is -2.26. The van der Waals surface area contributed by atoms with Crippen LogP contribution in [0.25, 0.3) is 0 Å². The molecule has 0 aliphatic heterocycles. The maximum atomic E-state index is 13.6. The van der Waals surface area contributed by atoms with E-state index in [1.165, 1.54) is 6.07 Å². The van der Waals surface area contributed by atoms with Crippen LogP contribution in [0.15, 0.2) is 12.1 Å². The number of nitrogens with zero attached hydrogens (tertiary/aromatic N) is 1. The van der Waals surface area contributed by atoms with E-state index >= 15 is 0 Å². The lowest BCUT2D eigenvalue weighted by atomic mass is 10.0. The zero-order valence-electron chi connectivity index (χ0n) is 12.3. The predicted molar refractivity (Wildman–Crippen MR) is 76.6 cm³/mol. The molecule has 0 saturated heterocycles. The largest absolute Gasteiger partial charge is 0.398 e. The molecule has 0 heterocycles. The van der Waals surface area contributed by atoms with Gasteiger partial charge < -0.3 is 10.6 Å². The third-order valence-electron chi connectivity index (χ3n) is 3.43. The first kappa shape index (κ1) is 15.5. The highest BCUT2D eigenvalue weighted by molar-refractivity contribution is 5.95. The second-order valence-corrected chi connectivity index (χ2v) is 5.57. The molecule has 1 atom stereocenters. The molecular weight excluding hydrogens is 243 g/mol. The van der Waals surface area contributed by atoms with Crippen LogP contribution in [0.2, 0.25) is 0 Å². The number of nitrogen functional groups attached to an aromatic ring is 1. The monoisotopic (exact) mass is 266 g/mol. The summed E-state index contributed by atoms with van der Waals surface area (Å²) in [4.78, 5) is 13.9. The van der Waals surface area contributed by atoms with E-state index in [9.17, 15) is 9.18 Å². The van der Waals surface area contributed by atoms with Crippen LogP contribution in [-0.2, 0) is 0 Å². The van der Waals surface area contributed by atoms with Crippen molar-refractivity contribution in [1.29, 1.82) is 0 Å². The maximum Gasteiger partial charge on any atom is 0.254 e. The summed E-state index contributed by atoms with van der Waals surface area (Å²) in [6.45, 7) is 7.81. The summed E-state index contributed by atoms with van der Waals surface area (Å²) in [7, 11) is 1.74. The van der Waals surface area contributed by atoms with Gasteiger partial charge in [-0.15, -0.1) is 0 Å². The quantitative estimate of drug-likeness (QED) is 0.850. The van der Waals surface area contributed by atoms with Crippen molar-refractivity contribution in [2.75, 3.05) is 12.8 Å². The number of carbonyl (C=O) groups excluding carboxylic acids is 1. The van der Waals surface area contributed by atoms with Gasteiger partial charge in [-0.25, -0.2) is 4.39 Å². The van der Waals surface area contributed by atoms with Gasteiger partial charge in [-0.2, -0.15) is 0 Å². The second kappa shape index (κ2) is 6.04. The first-order valence-corrected chi connectivity index (χ1v) is 6.56. The molecule has 0 radical (unpaired) electrons. The Morgan fingerprint density at radius 2 is 1.95 bits per heavy atom. The lowest BCUT2D eigenvalue weighted by molar-refractivity contribution is 0.0727. The van der Waals surface area contributed by atoms with Crippen LogP contribution in [0.5, 0.6) is 0 Å². The summed E-state index contributed by atoms with van der Waals surface area (Å²) in [6.07, 6.45) is 0.909. The van der Waals surface area contributed by atoms with E-state index in [4.69, 9.17) is 5.73 Å². The van der Waals surface area contributed by atoms with Crippen LogP contribution in [0, 0.1) is 18.7 Å². The number of carbonyl (C=O) groups is 1. The van der Waals surface area contributed by atoms with Gasteiger partial charge in [-0.1, -0.05) is 13.8 Å². The highest BCUT2D eigenvalue weighted by atomic mass is 19.1. The third-order valence-corrected chi connectivity index (χ3v) is 3.43. The fraction of sp³-hybridized carbons (Fsp3) is 0.533. The Balaban J connectivity index is 2.94. The molecule has 0 aliphatic carbocycles. The highest BCUT2D eigenvalue weighted by Gasteiger charge is 2.20. The molecule has 0 saturated carbocycles. The molecule has 1 rings (SSSR count). The third kappa shape index (κ3) is 3.69. The van der Waals surface area contributed by atoms with E-state index in [2.05, 4.69) is 13.8 Å². The van der Waals surface area contributed by atoms with Crippen molar-refractivity contribution in [3.8, 4) is 0 Å². The van der Waals surface area contributed by atoms with Gasteiger partial charge >= 0.3 is 0 Å². The van der Waals surface area contributed by atoms with E-state index in [1.54, 1.807) is 24.9 Å². The topological polar surface area (TPSA) is 46.3 Å². The zero-order chi connectivity index (χ0) is 14.7. The van der Waals surface area contributed by atoms with Crippen LogP contribution in [0.4, 0.5) is 10.1 Å². The Kier molecular flexibility index (Phi) is 4.92. The summed E-state index contributed by atoms with van der Waals surface area (Å²) >= 11 is 0. The Hall–Kier alpha value is -1.58. The second-order valence-electron chi connectivity index (χ2n) is 5.57. The van der Waals surface area contributed by atoms with Gasteiger partial charge in [0.2, 0.25) is 0 Å². The average Bonchev–Trinajstić information content (AvgIpc) is 2.32. The molecule has 0 aromatic heterocycles. The van der Waals surface area contributed by atoms with Crippen molar-refractivity contribution >= 4 is 11.6 Å². The number of halogens is 1. The summed E-state index contributed by atoms with van der Waals surface area (Å²) in [5, 5.41) is 0. The fourth-order valence-electron chi connectivity index (χ4n) is 2.07. The molecule has 0 spiro atoms. The van der Waals surface area contributed by atoms with Crippen molar-refractivity contribution in [3.63, 3.8) is 0 Å². The number of benzene rings is 1. The van der Waals surface area contributed by atoms with Gasteiger partial charge in [0, 0.05) is 29.9 Å². The number of amides is 1. The van der Waals surface area contributed by atoms with Gasteiger partial charge in [0.1, 0.15) is 5.82 Å². The van der Waals surface area contributed by atoms with Crippen molar-refractivity contribution in [2.24, 2.45) is 5.92 Å². The number of nitrogens with two attached hydrogens (primary N) is 1. The Bertz CT molecular complexity index is 448. The van der Waals surface area contributed by atoms with E-state index < -0.39 is 5.82 Å². The summed E-state index contributed by atoms with van der Waals surface area (Å²) < 4.78 is 13.6. The molecule has 1 aromatic rings. The lowest BCUT2D eigenvalue weighted by Crippen LogP contribution is -2.36. The van der Waals surface area contributed by atoms with Crippen molar-refractivity contribution in [2.45, 2.75) is 40.2 Å². The van der Waals surface area contributed by atoms with E-state index in [-0.39, 0.29) is 11.9 Å². The maximum absolute atomic E-state index is 13.6. The number of rotatable bonds is 4. The molecule has 3 nitrogen and oxygen atoms in total. The van der Waals surface area contributed by atoms with Gasteiger partial charge in [0.05, 0.1) is 0 Å². The molecular formula is C15H23FN2O. The molecule has 2 N–H and O–H groups in total. The molecule has 4 heteroatoms. The first-order chi connectivity index (χ1) is 8.73. The molecule has 1 aromatic carbocycles. The van der Waals surface area contributed by atoms with Crippen LogP contribution < -0.4 is 5.73 Å². The van der Waals surface area contributed by atoms with Gasteiger partial charge in [-0.05, 0) is 38.3 Å². The molecule has 19 heavy (non-hydrogen) atoms. The van der Waals surface area contributed by atoms with Crippen molar-refractivity contribution in [1.82, 2.24) is 4.90 Å². The van der Waals surface area contributed by atoms with Crippen LogP contribution >= 0.6 is 0 Å². The van der Waals surface area contributed by atoms with Crippen LogP contribution in [0.1, 0.15) is 43.1 Å². The van der Waals surface area contributed by atoms with Gasteiger partial charge in [0.15, 0.2) is 0 Å². The molecule has 1 unspecified atom stereocenters. The average molecular weight is 266 g/mol. The SMILES string of the molecule is Cc1c(N)cc(C(=O)N(C)C(C)CC(C)C)cc1F. The summed E-state index contributed by atoms with van der Waals surface area (Å²) in [5.74, 6) is -0.128. The summed E-state index contributed by atoms with van der Waals surface area (Å²) in [5.41, 5.74) is 6.71. The van der Waals surface area contributed by atoms with Crippen LogP contribution in [0.3, 0.4) is 0 Å². The smallest absolute Gasteiger partial charge is 0.254 e. The van der Waals surface area contributed by atoms with E-state index in [1.807, 2.05) is 6.92 Å².